The number of aromatic nitrogens is 2. The van der Waals surface area contributed by atoms with Gasteiger partial charge in [0.25, 0.3) is 0 Å². The summed E-state index contributed by atoms with van der Waals surface area (Å²) < 4.78 is 15.2. The lowest BCUT2D eigenvalue weighted by Crippen LogP contribution is -1.83. The Morgan fingerprint density at radius 1 is 0.778 bits per heavy atom. The molecule has 0 amide bonds. The zero-order chi connectivity index (χ0) is 18.6. The molecule has 0 aliphatic carbocycles. The number of hydrogen-bond donors (Lipinski definition) is 0. The Hall–Kier alpha value is -1.48. The van der Waals surface area contributed by atoms with Crippen molar-refractivity contribution >= 4 is 66.6 Å². The first kappa shape index (κ1) is 18.9. The van der Waals surface area contributed by atoms with Crippen LogP contribution in [0.2, 0.25) is 0 Å². The van der Waals surface area contributed by atoms with Crippen molar-refractivity contribution in [3.8, 4) is 11.5 Å². The third-order valence-electron chi connectivity index (χ3n) is 3.89. The molecule has 0 unspecified atom stereocenters. The molecule has 0 N–H and O–H groups in total. The third kappa shape index (κ3) is 4.51. The Morgan fingerprint density at radius 3 is 1.70 bits per heavy atom. The summed E-state index contributed by atoms with van der Waals surface area (Å²) in [7, 11) is 3.38. The van der Waals surface area contributed by atoms with E-state index >= 15 is 0 Å². The van der Waals surface area contributed by atoms with Gasteiger partial charge in [0.15, 0.2) is 8.68 Å². The minimum atomic E-state index is 0.882. The van der Waals surface area contributed by atoms with Gasteiger partial charge in [0.05, 0.1) is 34.7 Å². The molecule has 2 heterocycles. The lowest BCUT2D eigenvalue weighted by atomic mass is 10.3. The van der Waals surface area contributed by atoms with E-state index in [-0.39, 0.29) is 0 Å². The van der Waals surface area contributed by atoms with Gasteiger partial charge in [-0.25, -0.2) is 9.97 Å². The number of thioether (sulfide) groups is 2. The summed E-state index contributed by atoms with van der Waals surface area (Å²) in [5.74, 6) is 3.88. The van der Waals surface area contributed by atoms with Crippen molar-refractivity contribution in [1.29, 1.82) is 0 Å². The van der Waals surface area contributed by atoms with Crippen LogP contribution in [0.3, 0.4) is 0 Å². The summed E-state index contributed by atoms with van der Waals surface area (Å²) in [6.45, 7) is 0. The summed E-state index contributed by atoms with van der Waals surface area (Å²) in [5, 5.41) is 0. The Morgan fingerprint density at radius 2 is 1.26 bits per heavy atom. The molecule has 2 aromatic heterocycles. The second-order valence-corrected chi connectivity index (χ2v) is 10.4. The molecule has 0 spiro atoms. The fourth-order valence-corrected chi connectivity index (χ4v) is 6.92. The molecule has 0 aliphatic rings. The van der Waals surface area contributed by atoms with Gasteiger partial charge in [0.2, 0.25) is 0 Å². The molecule has 0 fully saturated rings. The topological polar surface area (TPSA) is 44.2 Å². The van der Waals surface area contributed by atoms with Crippen LogP contribution in [0.15, 0.2) is 45.1 Å². The Balaban J connectivity index is 1.28. The van der Waals surface area contributed by atoms with Crippen LogP contribution in [0.25, 0.3) is 20.4 Å². The van der Waals surface area contributed by atoms with Crippen molar-refractivity contribution in [2.45, 2.75) is 15.1 Å². The van der Waals surface area contributed by atoms with Crippen molar-refractivity contribution in [3.05, 3.63) is 36.4 Å². The maximum atomic E-state index is 5.28. The van der Waals surface area contributed by atoms with Crippen LogP contribution in [0.1, 0.15) is 6.42 Å². The van der Waals surface area contributed by atoms with E-state index in [1.807, 2.05) is 47.8 Å². The molecule has 0 aliphatic heterocycles. The molecule has 0 saturated heterocycles. The van der Waals surface area contributed by atoms with Crippen LogP contribution >= 0.6 is 46.2 Å². The molecule has 8 heteroatoms. The molecule has 27 heavy (non-hydrogen) atoms. The van der Waals surface area contributed by atoms with E-state index in [1.54, 1.807) is 36.9 Å². The van der Waals surface area contributed by atoms with Crippen molar-refractivity contribution in [2.24, 2.45) is 0 Å². The molecule has 4 aromatic rings. The zero-order valence-electron chi connectivity index (χ0n) is 14.9. The number of methoxy groups -OCH3 is 2. The van der Waals surface area contributed by atoms with E-state index in [2.05, 4.69) is 22.1 Å². The van der Waals surface area contributed by atoms with Gasteiger partial charge in [-0.05, 0) is 42.8 Å². The predicted octanol–water partition coefficient (Wildman–Crippen LogP) is 6.20. The number of fused-ring (bicyclic) bond motifs is 2. The van der Waals surface area contributed by atoms with Crippen molar-refractivity contribution in [2.75, 3.05) is 25.7 Å². The van der Waals surface area contributed by atoms with Gasteiger partial charge < -0.3 is 9.47 Å². The number of rotatable bonds is 8. The van der Waals surface area contributed by atoms with Crippen LogP contribution in [-0.4, -0.2) is 35.7 Å². The van der Waals surface area contributed by atoms with Crippen molar-refractivity contribution < 1.29 is 9.47 Å². The predicted molar refractivity (Wildman–Crippen MR) is 118 cm³/mol. The molecule has 140 valence electrons. The highest BCUT2D eigenvalue weighted by Gasteiger charge is 2.07. The Labute approximate surface area is 174 Å². The molecule has 4 nitrogen and oxygen atoms in total. The highest BCUT2D eigenvalue weighted by molar-refractivity contribution is 8.02. The van der Waals surface area contributed by atoms with Gasteiger partial charge in [-0.15, -0.1) is 22.7 Å². The second-order valence-electron chi connectivity index (χ2n) is 5.68. The fraction of sp³-hybridized carbons (Fsp3) is 0.263. The summed E-state index contributed by atoms with van der Waals surface area (Å²) >= 11 is 7.11. The summed E-state index contributed by atoms with van der Waals surface area (Å²) in [6.07, 6.45) is 1.12. The van der Waals surface area contributed by atoms with Crippen LogP contribution < -0.4 is 9.47 Å². The molecule has 2 aromatic carbocycles. The first-order chi connectivity index (χ1) is 13.2. The summed E-state index contributed by atoms with van der Waals surface area (Å²) in [6, 6.07) is 12.1. The average molecular weight is 435 g/mol. The minimum absolute atomic E-state index is 0.882. The largest absolute Gasteiger partial charge is 0.497 e. The van der Waals surface area contributed by atoms with Gasteiger partial charge in [-0.1, -0.05) is 23.5 Å². The molecule has 0 bridgehead atoms. The zero-order valence-corrected chi connectivity index (χ0v) is 18.2. The lowest BCUT2D eigenvalue weighted by molar-refractivity contribution is 0.415. The molecule has 0 radical (unpaired) electrons. The lowest BCUT2D eigenvalue weighted by Gasteiger charge is -1.97. The maximum Gasteiger partial charge on any atom is 0.151 e. The smallest absolute Gasteiger partial charge is 0.151 e. The second kappa shape index (κ2) is 8.68. The van der Waals surface area contributed by atoms with Gasteiger partial charge in [0.1, 0.15) is 11.5 Å². The highest BCUT2D eigenvalue weighted by Crippen LogP contribution is 2.34. The quantitative estimate of drug-likeness (QED) is 0.243. The monoisotopic (exact) mass is 434 g/mol. The van der Waals surface area contributed by atoms with Gasteiger partial charge in [-0.2, -0.15) is 0 Å². The molecule has 0 atom stereocenters. The Bertz CT molecular complexity index is 976. The normalized spacial score (nSPS) is 11.3. The van der Waals surface area contributed by atoms with E-state index in [1.165, 1.54) is 9.40 Å². The molecule has 0 saturated carbocycles. The summed E-state index contributed by atoms with van der Waals surface area (Å²) in [5.41, 5.74) is 2.09. The molecular formula is C19H18N2O2S4. The van der Waals surface area contributed by atoms with E-state index in [0.717, 1.165) is 49.1 Å². The number of nitrogens with zero attached hydrogens (tertiary/aromatic N) is 2. The number of hydrogen-bond acceptors (Lipinski definition) is 8. The standard InChI is InChI=1S/C19H18N2O2S4/c1-22-12-4-6-14-16(10-12)26-18(20-14)24-8-3-9-25-19-21-15-7-5-13(23-2)11-17(15)27-19/h4-7,10-11H,3,8-9H2,1-2H3. The van der Waals surface area contributed by atoms with Crippen LogP contribution in [-0.2, 0) is 0 Å². The fourth-order valence-electron chi connectivity index (χ4n) is 2.52. The highest BCUT2D eigenvalue weighted by atomic mass is 32.2. The van der Waals surface area contributed by atoms with Crippen LogP contribution in [0.4, 0.5) is 0 Å². The van der Waals surface area contributed by atoms with Gasteiger partial charge >= 0.3 is 0 Å². The average Bonchev–Trinajstić information content (AvgIpc) is 3.29. The Kier molecular flexibility index (Phi) is 6.07. The van der Waals surface area contributed by atoms with Crippen LogP contribution in [0.5, 0.6) is 11.5 Å². The minimum Gasteiger partial charge on any atom is -0.497 e. The molecular weight excluding hydrogens is 416 g/mol. The number of thiazole rings is 2. The van der Waals surface area contributed by atoms with Crippen molar-refractivity contribution in [3.63, 3.8) is 0 Å². The number of benzene rings is 2. The third-order valence-corrected chi connectivity index (χ3v) is 8.39. The maximum absolute atomic E-state index is 5.28. The van der Waals surface area contributed by atoms with E-state index in [4.69, 9.17) is 9.47 Å². The van der Waals surface area contributed by atoms with E-state index < -0.39 is 0 Å². The number of ether oxygens (including phenoxy) is 2. The van der Waals surface area contributed by atoms with Gasteiger partial charge in [0, 0.05) is 11.5 Å². The first-order valence-corrected chi connectivity index (χ1v) is 12.0. The molecule has 4 rings (SSSR count). The SMILES string of the molecule is COc1ccc2nc(SCCCSc3nc4ccc(OC)cc4s3)sc2c1. The van der Waals surface area contributed by atoms with Gasteiger partial charge in [-0.3, -0.25) is 0 Å². The first-order valence-electron chi connectivity index (χ1n) is 8.40. The van der Waals surface area contributed by atoms with Crippen molar-refractivity contribution in [1.82, 2.24) is 9.97 Å². The van der Waals surface area contributed by atoms with E-state index in [0.29, 0.717) is 0 Å². The van der Waals surface area contributed by atoms with E-state index in [9.17, 15) is 0 Å². The van der Waals surface area contributed by atoms with Crippen LogP contribution in [0, 0.1) is 0 Å². The summed E-state index contributed by atoms with van der Waals surface area (Å²) in [4.78, 5) is 9.37.